The second-order valence-electron chi connectivity index (χ2n) is 3.47. The lowest BCUT2D eigenvalue weighted by Gasteiger charge is -2.12. The summed E-state index contributed by atoms with van der Waals surface area (Å²) in [6, 6.07) is 7.64. The van der Waals surface area contributed by atoms with Gasteiger partial charge in [0.15, 0.2) is 0 Å². The zero-order chi connectivity index (χ0) is 11.3. The molecule has 0 heterocycles. The predicted octanol–water partition coefficient (Wildman–Crippen LogP) is 2.88. The molecule has 3 nitrogen and oxygen atoms in total. The number of rotatable bonds is 3. The van der Waals surface area contributed by atoms with Gasteiger partial charge in [0.05, 0.1) is 17.8 Å². The van der Waals surface area contributed by atoms with E-state index >= 15 is 0 Å². The third kappa shape index (κ3) is 2.35. The van der Waals surface area contributed by atoms with Crippen LogP contribution in [0.5, 0.6) is 0 Å². The molecule has 0 fully saturated rings. The molecule has 0 aliphatic rings. The predicted molar refractivity (Wildman–Crippen MR) is 59.2 cm³/mol. The van der Waals surface area contributed by atoms with E-state index in [0.717, 1.165) is 17.5 Å². The summed E-state index contributed by atoms with van der Waals surface area (Å²) in [4.78, 5) is 0. The fourth-order valence-corrected chi connectivity index (χ4v) is 1.53. The summed E-state index contributed by atoms with van der Waals surface area (Å²) in [5, 5.41) is 20.5. The van der Waals surface area contributed by atoms with E-state index in [4.69, 9.17) is 10.5 Å². The maximum atomic E-state index is 8.93. The van der Waals surface area contributed by atoms with Gasteiger partial charge in [-0.3, -0.25) is 0 Å². The first-order valence-corrected chi connectivity index (χ1v) is 4.95. The number of oxime groups is 1. The van der Waals surface area contributed by atoms with Crippen LogP contribution < -0.4 is 0 Å². The highest BCUT2D eigenvalue weighted by molar-refractivity contribution is 5.85. The fraction of sp³-hybridized carbons (Fsp3) is 0.333. The minimum atomic E-state index is 0.353. The Morgan fingerprint density at radius 2 is 2.33 bits per heavy atom. The van der Waals surface area contributed by atoms with Crippen molar-refractivity contribution in [2.45, 2.75) is 26.2 Å². The molecular weight excluding hydrogens is 188 g/mol. The molecule has 0 radical (unpaired) electrons. The number of benzene rings is 1. The van der Waals surface area contributed by atoms with E-state index in [2.05, 4.69) is 25.1 Å². The molecule has 1 aromatic carbocycles. The van der Waals surface area contributed by atoms with Gasteiger partial charge in [0.25, 0.3) is 0 Å². The summed E-state index contributed by atoms with van der Waals surface area (Å²) in [6.07, 6.45) is 2.32. The van der Waals surface area contributed by atoms with Crippen LogP contribution in [0.15, 0.2) is 23.4 Å². The molecular formula is C12H14N2O. The van der Waals surface area contributed by atoms with Gasteiger partial charge in [-0.2, -0.15) is 5.26 Å². The third-order valence-electron chi connectivity index (χ3n) is 2.59. The molecule has 1 atom stereocenters. The van der Waals surface area contributed by atoms with Crippen molar-refractivity contribution >= 4 is 6.21 Å². The Bertz CT molecular complexity index is 405. The van der Waals surface area contributed by atoms with E-state index in [9.17, 15) is 0 Å². The van der Waals surface area contributed by atoms with Crippen molar-refractivity contribution in [2.24, 2.45) is 5.16 Å². The van der Waals surface area contributed by atoms with Gasteiger partial charge in [-0.05, 0) is 24.0 Å². The monoisotopic (exact) mass is 202 g/mol. The van der Waals surface area contributed by atoms with Crippen LogP contribution in [-0.4, -0.2) is 11.4 Å². The Labute approximate surface area is 89.7 Å². The van der Waals surface area contributed by atoms with Crippen molar-refractivity contribution < 1.29 is 5.21 Å². The molecule has 3 heteroatoms. The maximum absolute atomic E-state index is 8.93. The lowest BCUT2D eigenvalue weighted by Crippen LogP contribution is -2.00. The Kier molecular flexibility index (Phi) is 3.87. The molecule has 0 saturated heterocycles. The van der Waals surface area contributed by atoms with Gasteiger partial charge in [0.1, 0.15) is 0 Å². The maximum Gasteiger partial charge on any atom is 0.0998 e. The van der Waals surface area contributed by atoms with Gasteiger partial charge in [-0.15, -0.1) is 0 Å². The van der Waals surface area contributed by atoms with Crippen LogP contribution >= 0.6 is 0 Å². The molecule has 78 valence electrons. The molecule has 0 saturated carbocycles. The Morgan fingerprint density at radius 1 is 1.60 bits per heavy atom. The average Bonchev–Trinajstić information content (AvgIpc) is 2.28. The first-order chi connectivity index (χ1) is 7.24. The Balaban J connectivity index is 3.32. The number of hydrogen-bond acceptors (Lipinski definition) is 3. The topological polar surface area (TPSA) is 56.4 Å². The second kappa shape index (κ2) is 5.16. The van der Waals surface area contributed by atoms with Crippen LogP contribution in [0, 0.1) is 11.3 Å². The molecule has 0 aliphatic heterocycles. The molecule has 1 unspecified atom stereocenters. The van der Waals surface area contributed by atoms with E-state index in [0.29, 0.717) is 11.5 Å². The number of nitrogens with zero attached hydrogens (tertiary/aromatic N) is 2. The second-order valence-corrected chi connectivity index (χ2v) is 3.47. The van der Waals surface area contributed by atoms with Crippen LogP contribution in [0.2, 0.25) is 0 Å². The third-order valence-corrected chi connectivity index (χ3v) is 2.59. The molecule has 1 rings (SSSR count). The van der Waals surface area contributed by atoms with E-state index in [-0.39, 0.29) is 0 Å². The molecule has 0 aliphatic carbocycles. The quantitative estimate of drug-likeness (QED) is 0.465. The van der Waals surface area contributed by atoms with E-state index in [1.54, 1.807) is 6.07 Å². The lowest BCUT2D eigenvalue weighted by atomic mass is 9.91. The van der Waals surface area contributed by atoms with Crippen LogP contribution in [0.1, 0.15) is 42.9 Å². The fourth-order valence-electron chi connectivity index (χ4n) is 1.53. The van der Waals surface area contributed by atoms with E-state index < -0.39 is 0 Å². The van der Waals surface area contributed by atoms with E-state index in [1.807, 2.05) is 12.1 Å². The number of nitriles is 1. The summed E-state index contributed by atoms with van der Waals surface area (Å²) in [5.41, 5.74) is 2.32. The van der Waals surface area contributed by atoms with Gasteiger partial charge in [0.2, 0.25) is 0 Å². The average molecular weight is 202 g/mol. The molecule has 0 amide bonds. The first-order valence-electron chi connectivity index (χ1n) is 4.95. The minimum absolute atomic E-state index is 0.353. The normalized spacial score (nSPS) is 12.6. The van der Waals surface area contributed by atoms with Crippen molar-refractivity contribution in [3.05, 3.63) is 34.9 Å². The van der Waals surface area contributed by atoms with Crippen LogP contribution in [-0.2, 0) is 0 Å². The van der Waals surface area contributed by atoms with Crippen molar-refractivity contribution in [1.82, 2.24) is 0 Å². The summed E-state index contributed by atoms with van der Waals surface area (Å²) < 4.78 is 0. The molecule has 1 N–H and O–H groups in total. The van der Waals surface area contributed by atoms with Crippen LogP contribution in [0.25, 0.3) is 0 Å². The lowest BCUT2D eigenvalue weighted by molar-refractivity contribution is 0.322. The van der Waals surface area contributed by atoms with Crippen molar-refractivity contribution in [2.75, 3.05) is 0 Å². The minimum Gasteiger partial charge on any atom is -0.411 e. The summed E-state index contributed by atoms with van der Waals surface area (Å²) in [7, 11) is 0. The number of hydrogen-bond donors (Lipinski definition) is 1. The largest absolute Gasteiger partial charge is 0.411 e. The smallest absolute Gasteiger partial charge is 0.0998 e. The van der Waals surface area contributed by atoms with Crippen LogP contribution in [0.3, 0.4) is 0 Å². The SMILES string of the molecule is CCC(C)c1cccc(C#N)c1/C=N/O. The molecule has 0 aromatic heterocycles. The summed E-state index contributed by atoms with van der Waals surface area (Å²) >= 11 is 0. The Morgan fingerprint density at radius 3 is 2.87 bits per heavy atom. The van der Waals surface area contributed by atoms with E-state index in [1.165, 1.54) is 6.21 Å². The van der Waals surface area contributed by atoms with Gasteiger partial charge >= 0.3 is 0 Å². The van der Waals surface area contributed by atoms with Crippen molar-refractivity contribution in [3.8, 4) is 6.07 Å². The molecule has 0 spiro atoms. The van der Waals surface area contributed by atoms with Crippen molar-refractivity contribution in [3.63, 3.8) is 0 Å². The van der Waals surface area contributed by atoms with Gasteiger partial charge in [0, 0.05) is 5.56 Å². The summed E-state index contributed by atoms with van der Waals surface area (Å²) in [6.45, 7) is 4.18. The molecule has 15 heavy (non-hydrogen) atoms. The zero-order valence-electron chi connectivity index (χ0n) is 8.94. The first kappa shape index (κ1) is 11.3. The standard InChI is InChI=1S/C12H14N2O/c1-3-9(2)11-6-4-5-10(7-13)12(11)8-14-15/h4-6,8-9,15H,3H2,1-2H3/b14-8+. The van der Waals surface area contributed by atoms with Gasteiger partial charge in [-0.25, -0.2) is 0 Å². The van der Waals surface area contributed by atoms with Crippen molar-refractivity contribution in [1.29, 1.82) is 5.26 Å². The van der Waals surface area contributed by atoms with Gasteiger partial charge < -0.3 is 5.21 Å². The molecule has 1 aromatic rings. The zero-order valence-corrected chi connectivity index (χ0v) is 8.94. The highest BCUT2D eigenvalue weighted by atomic mass is 16.4. The molecule has 0 bridgehead atoms. The highest BCUT2D eigenvalue weighted by Crippen LogP contribution is 2.23. The van der Waals surface area contributed by atoms with Gasteiger partial charge in [-0.1, -0.05) is 31.1 Å². The van der Waals surface area contributed by atoms with Crippen LogP contribution in [0.4, 0.5) is 0 Å². The highest BCUT2D eigenvalue weighted by Gasteiger charge is 2.11. The Hall–Kier alpha value is -1.82. The summed E-state index contributed by atoms with van der Waals surface area (Å²) in [5.74, 6) is 0.353.